The highest BCUT2D eigenvalue weighted by atomic mass is 32.2. The van der Waals surface area contributed by atoms with Crippen molar-refractivity contribution < 1.29 is 13.9 Å². The molecule has 0 saturated heterocycles. The first-order chi connectivity index (χ1) is 14.1. The third-order valence-corrected chi connectivity index (χ3v) is 5.24. The number of hydrogen-bond acceptors (Lipinski definition) is 6. The molecule has 0 unspecified atom stereocenters. The molecule has 0 fully saturated rings. The summed E-state index contributed by atoms with van der Waals surface area (Å²) in [6.45, 7) is 0. The molecule has 4 rings (SSSR count). The molecule has 0 amide bonds. The van der Waals surface area contributed by atoms with Gasteiger partial charge in [-0.2, -0.15) is 9.61 Å². The minimum atomic E-state index is -0.394. The molecule has 7 nitrogen and oxygen atoms in total. The summed E-state index contributed by atoms with van der Waals surface area (Å²) in [6.07, 6.45) is 1.55. The van der Waals surface area contributed by atoms with Gasteiger partial charge in [0.05, 0.1) is 20.4 Å². The summed E-state index contributed by atoms with van der Waals surface area (Å²) in [6, 6.07) is 11.6. The van der Waals surface area contributed by atoms with E-state index in [0.29, 0.717) is 33.6 Å². The molecular weight excluding hydrogens is 395 g/mol. The molecule has 0 radical (unpaired) electrons. The van der Waals surface area contributed by atoms with E-state index < -0.39 is 5.69 Å². The average molecular weight is 412 g/mol. The van der Waals surface area contributed by atoms with Crippen LogP contribution in [0.5, 0.6) is 11.5 Å². The zero-order valence-corrected chi connectivity index (χ0v) is 16.5. The summed E-state index contributed by atoms with van der Waals surface area (Å²) in [5, 5.41) is 4.55. The Hall–Kier alpha value is -3.33. The number of thioether (sulfide) groups is 1. The standard InChI is InChI=1S/C20H17FN4O3S/c1-27-15-7-12(8-16(9-15)28-2)11-29-19-23-18-17(10-22-25(18)20(26)24-19)13-3-5-14(21)6-4-13/h3-10H,11H2,1-2H3,(H,23,24,26). The van der Waals surface area contributed by atoms with Crippen LogP contribution in [0.3, 0.4) is 0 Å². The van der Waals surface area contributed by atoms with Crippen molar-refractivity contribution in [2.75, 3.05) is 14.2 Å². The Bertz CT molecular complexity index is 1200. The van der Waals surface area contributed by atoms with Gasteiger partial charge in [-0.25, -0.2) is 14.2 Å². The number of aromatic nitrogens is 4. The van der Waals surface area contributed by atoms with Crippen molar-refractivity contribution in [1.82, 2.24) is 19.6 Å². The molecule has 2 heterocycles. The largest absolute Gasteiger partial charge is 0.497 e. The molecule has 0 saturated carbocycles. The second kappa shape index (κ2) is 7.96. The third kappa shape index (κ3) is 3.95. The van der Waals surface area contributed by atoms with Crippen molar-refractivity contribution in [3.63, 3.8) is 0 Å². The smallest absolute Gasteiger partial charge is 0.350 e. The molecule has 148 valence electrons. The van der Waals surface area contributed by atoms with E-state index in [2.05, 4.69) is 15.1 Å². The lowest BCUT2D eigenvalue weighted by atomic mass is 10.1. The number of nitrogens with one attached hydrogen (secondary N) is 1. The molecule has 2 aromatic heterocycles. The molecule has 0 aliphatic rings. The van der Waals surface area contributed by atoms with Crippen LogP contribution in [0.1, 0.15) is 5.56 Å². The van der Waals surface area contributed by atoms with Crippen molar-refractivity contribution >= 4 is 17.4 Å². The van der Waals surface area contributed by atoms with Crippen LogP contribution in [0.15, 0.2) is 58.6 Å². The quantitative estimate of drug-likeness (QED) is 0.488. The lowest BCUT2D eigenvalue weighted by Gasteiger charge is -2.08. The monoisotopic (exact) mass is 412 g/mol. The second-order valence-corrected chi connectivity index (χ2v) is 7.12. The zero-order valence-electron chi connectivity index (χ0n) is 15.7. The number of halogens is 1. The molecule has 0 aliphatic carbocycles. The first-order valence-electron chi connectivity index (χ1n) is 8.66. The van der Waals surface area contributed by atoms with Gasteiger partial charge in [-0.1, -0.05) is 23.9 Å². The van der Waals surface area contributed by atoms with Gasteiger partial charge >= 0.3 is 5.69 Å². The molecular formula is C20H17FN4O3S. The number of fused-ring (bicyclic) bond motifs is 1. The van der Waals surface area contributed by atoms with Crippen molar-refractivity contribution in [3.05, 3.63) is 70.5 Å². The Kier molecular flexibility index (Phi) is 5.22. The molecule has 0 atom stereocenters. The molecule has 0 aliphatic heterocycles. The van der Waals surface area contributed by atoms with Crippen LogP contribution in [-0.2, 0) is 5.75 Å². The molecule has 29 heavy (non-hydrogen) atoms. The molecule has 9 heteroatoms. The highest BCUT2D eigenvalue weighted by Crippen LogP contribution is 2.28. The number of hydrogen-bond donors (Lipinski definition) is 1. The normalized spacial score (nSPS) is 11.0. The lowest BCUT2D eigenvalue weighted by Crippen LogP contribution is -2.19. The summed E-state index contributed by atoms with van der Waals surface area (Å²) in [4.78, 5) is 19.7. The van der Waals surface area contributed by atoms with Crippen molar-refractivity contribution in [2.45, 2.75) is 10.9 Å². The van der Waals surface area contributed by atoms with Gasteiger partial charge in [-0.05, 0) is 35.4 Å². The summed E-state index contributed by atoms with van der Waals surface area (Å²) >= 11 is 1.37. The van der Waals surface area contributed by atoms with E-state index in [1.165, 1.54) is 28.4 Å². The van der Waals surface area contributed by atoms with Crippen LogP contribution in [0, 0.1) is 5.82 Å². The predicted octanol–water partition coefficient (Wildman–Crippen LogP) is 3.53. The van der Waals surface area contributed by atoms with Crippen molar-refractivity contribution in [3.8, 4) is 22.6 Å². The SMILES string of the molecule is COc1cc(CSc2nc3c(-c4ccc(F)cc4)cnn3c(=O)[nH]2)cc(OC)c1. The predicted molar refractivity (Wildman–Crippen MR) is 108 cm³/mol. The van der Waals surface area contributed by atoms with E-state index in [9.17, 15) is 9.18 Å². The maximum Gasteiger partial charge on any atom is 0.350 e. The van der Waals surface area contributed by atoms with E-state index in [1.54, 1.807) is 38.6 Å². The van der Waals surface area contributed by atoms with Gasteiger partial charge < -0.3 is 9.47 Å². The maximum absolute atomic E-state index is 13.2. The topological polar surface area (TPSA) is 81.5 Å². The minimum Gasteiger partial charge on any atom is -0.497 e. The van der Waals surface area contributed by atoms with Crippen LogP contribution in [0.2, 0.25) is 0 Å². The number of nitrogens with zero attached hydrogens (tertiary/aromatic N) is 3. The number of ether oxygens (including phenoxy) is 2. The first kappa shape index (κ1) is 19.0. The van der Waals surface area contributed by atoms with Crippen molar-refractivity contribution in [1.29, 1.82) is 0 Å². The Morgan fingerprint density at radius 1 is 1.10 bits per heavy atom. The number of aromatic amines is 1. The number of methoxy groups -OCH3 is 2. The van der Waals surface area contributed by atoms with Crippen LogP contribution < -0.4 is 15.2 Å². The van der Waals surface area contributed by atoms with E-state index in [1.807, 2.05) is 12.1 Å². The molecule has 0 bridgehead atoms. The fourth-order valence-electron chi connectivity index (χ4n) is 2.87. The van der Waals surface area contributed by atoms with Gasteiger partial charge in [0, 0.05) is 17.4 Å². The lowest BCUT2D eigenvalue weighted by molar-refractivity contribution is 0.393. The average Bonchev–Trinajstić information content (AvgIpc) is 3.17. The van der Waals surface area contributed by atoms with E-state index in [-0.39, 0.29) is 5.82 Å². The van der Waals surface area contributed by atoms with Crippen LogP contribution in [0.25, 0.3) is 16.8 Å². The van der Waals surface area contributed by atoms with Gasteiger partial charge in [-0.15, -0.1) is 0 Å². The van der Waals surface area contributed by atoms with Gasteiger partial charge in [-0.3, -0.25) is 4.98 Å². The van der Waals surface area contributed by atoms with Gasteiger partial charge in [0.15, 0.2) is 10.8 Å². The Morgan fingerprint density at radius 2 is 1.79 bits per heavy atom. The fraction of sp³-hybridized carbons (Fsp3) is 0.150. The van der Waals surface area contributed by atoms with Crippen LogP contribution >= 0.6 is 11.8 Å². The number of rotatable bonds is 6. The van der Waals surface area contributed by atoms with Crippen LogP contribution in [-0.4, -0.2) is 33.8 Å². The highest BCUT2D eigenvalue weighted by molar-refractivity contribution is 7.98. The zero-order chi connectivity index (χ0) is 20.4. The van der Waals surface area contributed by atoms with Gasteiger partial charge in [0.1, 0.15) is 17.3 Å². The number of H-pyrrole nitrogens is 1. The molecule has 2 aromatic carbocycles. The number of benzene rings is 2. The Labute approximate surface area is 169 Å². The summed E-state index contributed by atoms with van der Waals surface area (Å²) in [5.41, 5.74) is 2.36. The van der Waals surface area contributed by atoms with E-state index in [0.717, 1.165) is 11.1 Å². The summed E-state index contributed by atoms with van der Waals surface area (Å²) in [7, 11) is 3.19. The fourth-order valence-corrected chi connectivity index (χ4v) is 3.65. The van der Waals surface area contributed by atoms with E-state index >= 15 is 0 Å². The van der Waals surface area contributed by atoms with Gasteiger partial charge in [0.2, 0.25) is 0 Å². The summed E-state index contributed by atoms with van der Waals surface area (Å²) < 4.78 is 25.0. The van der Waals surface area contributed by atoms with Crippen molar-refractivity contribution in [2.24, 2.45) is 0 Å². The second-order valence-electron chi connectivity index (χ2n) is 6.16. The molecule has 0 spiro atoms. The Balaban J connectivity index is 1.66. The highest BCUT2D eigenvalue weighted by Gasteiger charge is 2.13. The molecule has 4 aromatic rings. The maximum atomic E-state index is 13.2. The Morgan fingerprint density at radius 3 is 2.45 bits per heavy atom. The van der Waals surface area contributed by atoms with Gasteiger partial charge in [0.25, 0.3) is 0 Å². The first-order valence-corrected chi connectivity index (χ1v) is 9.64. The van der Waals surface area contributed by atoms with E-state index in [4.69, 9.17) is 9.47 Å². The minimum absolute atomic E-state index is 0.332. The summed E-state index contributed by atoms with van der Waals surface area (Å²) in [5.74, 6) is 1.59. The molecule has 1 N–H and O–H groups in total. The van der Waals surface area contributed by atoms with Crippen LogP contribution in [0.4, 0.5) is 4.39 Å². The third-order valence-electron chi connectivity index (χ3n) is 4.30.